The third-order valence-electron chi connectivity index (χ3n) is 4.26. The SMILES string of the molecule is N#CCCSc1ccccc1NC(=O)c1ccc(-c2ccc3c(c2)OCCO3)s1. The summed E-state index contributed by atoms with van der Waals surface area (Å²) < 4.78 is 11.2. The van der Waals surface area contributed by atoms with Gasteiger partial charge >= 0.3 is 0 Å². The lowest BCUT2D eigenvalue weighted by Crippen LogP contribution is -2.15. The largest absolute Gasteiger partial charge is 0.486 e. The van der Waals surface area contributed by atoms with Crippen LogP contribution >= 0.6 is 23.1 Å². The van der Waals surface area contributed by atoms with E-state index in [-0.39, 0.29) is 5.91 Å². The second-order valence-corrected chi connectivity index (χ2v) is 8.45. The molecular formula is C22H18N2O3S2. The Hall–Kier alpha value is -2.95. The molecular weight excluding hydrogens is 404 g/mol. The average molecular weight is 423 g/mol. The number of carbonyl (C=O) groups is 1. The van der Waals surface area contributed by atoms with Crippen LogP contribution in [0, 0.1) is 11.3 Å². The number of fused-ring (bicyclic) bond motifs is 1. The third kappa shape index (κ3) is 4.56. The van der Waals surface area contributed by atoms with Gasteiger partial charge in [-0.25, -0.2) is 0 Å². The number of carbonyl (C=O) groups excluding carboxylic acids is 1. The van der Waals surface area contributed by atoms with Crippen molar-refractivity contribution in [3.05, 3.63) is 59.5 Å². The molecule has 0 saturated heterocycles. The Morgan fingerprint density at radius 1 is 1.10 bits per heavy atom. The van der Waals surface area contributed by atoms with Crippen LogP contribution in [0.3, 0.4) is 0 Å². The molecule has 0 spiro atoms. The normalized spacial score (nSPS) is 12.2. The Morgan fingerprint density at radius 3 is 2.79 bits per heavy atom. The van der Waals surface area contributed by atoms with Crippen LogP contribution in [-0.2, 0) is 0 Å². The summed E-state index contributed by atoms with van der Waals surface area (Å²) in [5.41, 5.74) is 1.75. The van der Waals surface area contributed by atoms with Crippen LogP contribution in [-0.4, -0.2) is 24.9 Å². The van der Waals surface area contributed by atoms with E-state index in [0.717, 1.165) is 32.5 Å². The highest BCUT2D eigenvalue weighted by Gasteiger charge is 2.16. The van der Waals surface area contributed by atoms with Gasteiger partial charge in [0.05, 0.1) is 16.6 Å². The number of thioether (sulfide) groups is 1. The van der Waals surface area contributed by atoms with Crippen molar-refractivity contribution < 1.29 is 14.3 Å². The second kappa shape index (κ2) is 9.03. The summed E-state index contributed by atoms with van der Waals surface area (Å²) in [6, 6.07) is 19.4. The van der Waals surface area contributed by atoms with Crippen molar-refractivity contribution >= 4 is 34.7 Å². The lowest BCUT2D eigenvalue weighted by molar-refractivity contribution is 0.103. The van der Waals surface area contributed by atoms with Gasteiger partial charge in [-0.15, -0.1) is 23.1 Å². The fraction of sp³-hybridized carbons (Fsp3) is 0.182. The predicted molar refractivity (Wildman–Crippen MR) is 116 cm³/mol. The molecule has 5 nitrogen and oxygen atoms in total. The van der Waals surface area contributed by atoms with Crippen molar-refractivity contribution in [2.45, 2.75) is 11.3 Å². The van der Waals surface area contributed by atoms with Crippen molar-refractivity contribution in [1.82, 2.24) is 0 Å². The van der Waals surface area contributed by atoms with Gasteiger partial charge in [-0.05, 0) is 48.0 Å². The number of nitriles is 1. The van der Waals surface area contributed by atoms with Crippen LogP contribution in [0.4, 0.5) is 5.69 Å². The van der Waals surface area contributed by atoms with E-state index in [2.05, 4.69) is 11.4 Å². The highest BCUT2D eigenvalue weighted by molar-refractivity contribution is 7.99. The summed E-state index contributed by atoms with van der Waals surface area (Å²) in [7, 11) is 0. The molecule has 0 atom stereocenters. The molecule has 4 rings (SSSR count). The first kappa shape index (κ1) is 19.4. The minimum Gasteiger partial charge on any atom is -0.486 e. The van der Waals surface area contributed by atoms with Crippen LogP contribution < -0.4 is 14.8 Å². The van der Waals surface area contributed by atoms with E-state index in [1.54, 1.807) is 11.8 Å². The maximum Gasteiger partial charge on any atom is 0.265 e. The zero-order valence-electron chi connectivity index (χ0n) is 15.5. The quantitative estimate of drug-likeness (QED) is 0.423. The van der Waals surface area contributed by atoms with Gasteiger partial charge in [0, 0.05) is 21.9 Å². The van der Waals surface area contributed by atoms with Crippen molar-refractivity contribution in [1.29, 1.82) is 5.26 Å². The third-order valence-corrected chi connectivity index (χ3v) is 6.47. The minimum atomic E-state index is -0.146. The highest BCUT2D eigenvalue weighted by Crippen LogP contribution is 2.37. The Balaban J connectivity index is 1.49. The fourth-order valence-corrected chi connectivity index (χ4v) is 4.66. The summed E-state index contributed by atoms with van der Waals surface area (Å²) in [5, 5.41) is 11.7. The van der Waals surface area contributed by atoms with Crippen LogP contribution in [0.2, 0.25) is 0 Å². The van der Waals surface area contributed by atoms with E-state index in [1.807, 2.05) is 54.6 Å². The molecule has 1 amide bonds. The zero-order chi connectivity index (χ0) is 20.1. The molecule has 2 aromatic carbocycles. The van der Waals surface area contributed by atoms with Crippen molar-refractivity contribution in [2.24, 2.45) is 0 Å². The van der Waals surface area contributed by atoms with Gasteiger partial charge < -0.3 is 14.8 Å². The molecule has 0 saturated carbocycles. The van der Waals surface area contributed by atoms with Crippen LogP contribution in [0.1, 0.15) is 16.1 Å². The molecule has 1 N–H and O–H groups in total. The van der Waals surface area contributed by atoms with Crippen LogP contribution in [0.5, 0.6) is 11.5 Å². The number of para-hydroxylation sites is 1. The second-order valence-electron chi connectivity index (χ2n) is 6.23. The number of anilines is 1. The van der Waals surface area contributed by atoms with Gasteiger partial charge in [0.2, 0.25) is 0 Å². The lowest BCUT2D eigenvalue weighted by atomic mass is 10.1. The van der Waals surface area contributed by atoms with Crippen LogP contribution in [0.25, 0.3) is 10.4 Å². The van der Waals surface area contributed by atoms with Crippen molar-refractivity contribution in [2.75, 3.05) is 24.3 Å². The molecule has 1 aliphatic rings. The fourth-order valence-electron chi connectivity index (χ4n) is 2.90. The molecule has 0 fully saturated rings. The average Bonchev–Trinajstić information content (AvgIpc) is 3.25. The Labute approximate surface area is 177 Å². The number of rotatable bonds is 6. The van der Waals surface area contributed by atoms with Gasteiger partial charge in [-0.2, -0.15) is 5.26 Å². The molecule has 0 unspecified atom stereocenters. The van der Waals surface area contributed by atoms with Crippen molar-refractivity contribution in [3.63, 3.8) is 0 Å². The predicted octanol–water partition coefficient (Wildman–Crippen LogP) is 5.44. The maximum atomic E-state index is 12.8. The summed E-state index contributed by atoms with van der Waals surface area (Å²) in [6.45, 7) is 1.10. The minimum absolute atomic E-state index is 0.146. The van der Waals surface area contributed by atoms with Gasteiger partial charge in [0.15, 0.2) is 11.5 Å². The van der Waals surface area contributed by atoms with E-state index in [4.69, 9.17) is 14.7 Å². The van der Waals surface area contributed by atoms with Crippen molar-refractivity contribution in [3.8, 4) is 28.0 Å². The Kier molecular flexibility index (Phi) is 6.03. The molecule has 0 aliphatic carbocycles. The van der Waals surface area contributed by atoms with Gasteiger partial charge in [0.1, 0.15) is 13.2 Å². The number of amides is 1. The van der Waals surface area contributed by atoms with Gasteiger partial charge in [-0.1, -0.05) is 12.1 Å². The topological polar surface area (TPSA) is 71.4 Å². The summed E-state index contributed by atoms with van der Waals surface area (Å²) in [6.07, 6.45) is 0.469. The molecule has 7 heteroatoms. The summed E-state index contributed by atoms with van der Waals surface area (Å²) in [5.74, 6) is 2.03. The van der Waals surface area contributed by atoms with Gasteiger partial charge in [-0.3, -0.25) is 4.79 Å². The van der Waals surface area contributed by atoms with Gasteiger partial charge in [0.25, 0.3) is 5.91 Å². The van der Waals surface area contributed by atoms with Crippen LogP contribution in [0.15, 0.2) is 59.5 Å². The molecule has 1 aromatic heterocycles. The van der Waals surface area contributed by atoms with E-state index in [9.17, 15) is 4.79 Å². The lowest BCUT2D eigenvalue weighted by Gasteiger charge is -2.18. The smallest absolute Gasteiger partial charge is 0.265 e. The summed E-state index contributed by atoms with van der Waals surface area (Å²) in [4.78, 5) is 15.3. The standard InChI is InChI=1S/C22H18N2O3S2/c23-10-3-13-28-20-5-2-1-4-16(20)24-22(25)21-9-8-19(29-21)15-6-7-17-18(14-15)27-12-11-26-17/h1-2,4-9,14H,3,11-13H2,(H,24,25). The molecule has 2 heterocycles. The first-order valence-corrected chi connectivity index (χ1v) is 10.9. The number of benzene rings is 2. The van der Waals surface area contributed by atoms with E-state index in [0.29, 0.717) is 30.3 Å². The molecule has 29 heavy (non-hydrogen) atoms. The molecule has 0 bridgehead atoms. The number of hydrogen-bond acceptors (Lipinski definition) is 6. The van der Waals surface area contributed by atoms with E-state index < -0.39 is 0 Å². The first-order valence-electron chi connectivity index (χ1n) is 9.14. The number of thiophene rings is 1. The number of nitrogens with zero attached hydrogens (tertiary/aromatic N) is 1. The number of nitrogens with one attached hydrogen (secondary N) is 1. The molecule has 146 valence electrons. The number of hydrogen-bond donors (Lipinski definition) is 1. The zero-order valence-corrected chi connectivity index (χ0v) is 17.1. The summed E-state index contributed by atoms with van der Waals surface area (Å²) >= 11 is 3.00. The van der Waals surface area contributed by atoms with E-state index >= 15 is 0 Å². The molecule has 3 aromatic rings. The van der Waals surface area contributed by atoms with E-state index in [1.165, 1.54) is 11.3 Å². The number of ether oxygens (including phenoxy) is 2. The Morgan fingerprint density at radius 2 is 1.93 bits per heavy atom. The molecule has 0 radical (unpaired) electrons. The highest BCUT2D eigenvalue weighted by atomic mass is 32.2. The maximum absolute atomic E-state index is 12.8. The monoisotopic (exact) mass is 422 g/mol. The first-order chi connectivity index (χ1) is 14.2. The Bertz CT molecular complexity index is 1070. The molecule has 1 aliphatic heterocycles.